The number of aromatic nitrogens is 2. The van der Waals surface area contributed by atoms with Crippen LogP contribution in [0.2, 0.25) is 0 Å². The number of oxime groups is 1. The van der Waals surface area contributed by atoms with Gasteiger partial charge in [0.1, 0.15) is 11.9 Å². The minimum atomic E-state index is -0.249. The van der Waals surface area contributed by atoms with Gasteiger partial charge in [-0.1, -0.05) is 17.3 Å². The summed E-state index contributed by atoms with van der Waals surface area (Å²) in [5.74, 6) is -0.256. The lowest BCUT2D eigenvalue weighted by Crippen LogP contribution is -2.32. The van der Waals surface area contributed by atoms with E-state index in [2.05, 4.69) is 15.6 Å². The lowest BCUT2D eigenvalue weighted by molar-refractivity contribution is -0.121. The average molecular weight is 372 g/mol. The molecule has 0 spiro atoms. The first-order valence-electron chi connectivity index (χ1n) is 9.14. The minimum Gasteiger partial charge on any atom is -0.390 e. The lowest BCUT2D eigenvalue weighted by atomic mass is 10.0. The minimum absolute atomic E-state index is 0.00626. The van der Waals surface area contributed by atoms with Gasteiger partial charge in [-0.15, -0.1) is 0 Å². The Labute approximate surface area is 158 Å². The molecule has 0 saturated heterocycles. The fraction of sp³-hybridized carbons (Fsp3) is 0.450. The Morgan fingerprint density at radius 3 is 2.74 bits per heavy atom. The van der Waals surface area contributed by atoms with Gasteiger partial charge in [-0.3, -0.25) is 9.48 Å². The van der Waals surface area contributed by atoms with Crippen LogP contribution in [0, 0.1) is 19.7 Å². The maximum Gasteiger partial charge on any atom is 0.220 e. The molecule has 0 radical (unpaired) electrons. The summed E-state index contributed by atoms with van der Waals surface area (Å²) >= 11 is 0. The molecule has 144 valence electrons. The van der Waals surface area contributed by atoms with Crippen molar-refractivity contribution in [1.29, 1.82) is 0 Å². The highest BCUT2D eigenvalue weighted by molar-refractivity contribution is 5.87. The molecule has 1 unspecified atom stereocenters. The van der Waals surface area contributed by atoms with Crippen molar-refractivity contribution >= 4 is 11.6 Å². The molecule has 1 aliphatic rings. The van der Waals surface area contributed by atoms with E-state index in [-0.39, 0.29) is 17.8 Å². The standard InChI is InChI=1S/C20H25FN4O2/c1-13-19(14(2)25(3)23-13)8-9-20(26)22-12-18-11-17(24-27-18)10-15-4-6-16(21)7-5-15/h4-7,18H,8-12H2,1-3H3,(H,22,26). The zero-order chi connectivity index (χ0) is 19.4. The molecule has 2 aromatic rings. The Hall–Kier alpha value is -2.70. The van der Waals surface area contributed by atoms with Gasteiger partial charge in [-0.25, -0.2) is 4.39 Å². The van der Waals surface area contributed by atoms with E-state index in [0.717, 1.165) is 28.2 Å². The normalized spacial score (nSPS) is 16.1. The van der Waals surface area contributed by atoms with Crippen LogP contribution in [0.15, 0.2) is 29.4 Å². The molecule has 1 aromatic heterocycles. The van der Waals surface area contributed by atoms with Crippen molar-refractivity contribution < 1.29 is 14.0 Å². The largest absolute Gasteiger partial charge is 0.390 e. The van der Waals surface area contributed by atoms with Crippen molar-refractivity contribution in [3.63, 3.8) is 0 Å². The van der Waals surface area contributed by atoms with E-state index in [0.29, 0.717) is 32.2 Å². The summed E-state index contributed by atoms with van der Waals surface area (Å²) in [4.78, 5) is 17.5. The highest BCUT2D eigenvalue weighted by Gasteiger charge is 2.22. The van der Waals surface area contributed by atoms with Crippen LogP contribution in [0.3, 0.4) is 0 Å². The van der Waals surface area contributed by atoms with Crippen LogP contribution in [0.5, 0.6) is 0 Å². The van der Waals surface area contributed by atoms with E-state index in [1.165, 1.54) is 12.1 Å². The zero-order valence-electron chi connectivity index (χ0n) is 16.0. The monoisotopic (exact) mass is 372 g/mol. The molecule has 1 aliphatic heterocycles. The average Bonchev–Trinajstić information content (AvgIpc) is 3.18. The van der Waals surface area contributed by atoms with E-state index in [9.17, 15) is 9.18 Å². The molecule has 0 saturated carbocycles. The van der Waals surface area contributed by atoms with Gasteiger partial charge in [-0.05, 0) is 43.5 Å². The molecule has 27 heavy (non-hydrogen) atoms. The quantitative estimate of drug-likeness (QED) is 0.812. The molecule has 1 amide bonds. The number of amides is 1. The molecular formula is C20H25FN4O2. The summed E-state index contributed by atoms with van der Waals surface area (Å²) in [7, 11) is 1.91. The van der Waals surface area contributed by atoms with Gasteiger partial charge in [0.05, 0.1) is 18.0 Å². The topological polar surface area (TPSA) is 68.5 Å². The van der Waals surface area contributed by atoms with Crippen molar-refractivity contribution in [1.82, 2.24) is 15.1 Å². The Morgan fingerprint density at radius 1 is 1.33 bits per heavy atom. The smallest absolute Gasteiger partial charge is 0.220 e. The SMILES string of the molecule is Cc1nn(C)c(C)c1CCC(=O)NCC1CC(Cc2ccc(F)cc2)=NO1. The molecule has 7 heteroatoms. The van der Waals surface area contributed by atoms with E-state index < -0.39 is 0 Å². The third-order valence-electron chi connectivity index (χ3n) is 4.90. The number of carbonyl (C=O) groups excluding carboxylic acids is 1. The Kier molecular flexibility index (Phi) is 5.88. The van der Waals surface area contributed by atoms with Gasteiger partial charge in [0, 0.05) is 32.0 Å². The molecule has 3 rings (SSSR count). The predicted molar refractivity (Wildman–Crippen MR) is 101 cm³/mol. The van der Waals surface area contributed by atoms with Crippen LogP contribution >= 0.6 is 0 Å². The fourth-order valence-electron chi connectivity index (χ4n) is 3.27. The van der Waals surface area contributed by atoms with E-state index in [4.69, 9.17) is 4.84 Å². The van der Waals surface area contributed by atoms with Crippen LogP contribution in [0.1, 0.15) is 35.4 Å². The first-order chi connectivity index (χ1) is 12.9. The number of nitrogens with one attached hydrogen (secondary N) is 1. The molecule has 1 atom stereocenters. The van der Waals surface area contributed by atoms with Crippen LogP contribution in [-0.4, -0.2) is 34.0 Å². The van der Waals surface area contributed by atoms with Gasteiger partial charge in [0.2, 0.25) is 5.91 Å². The third kappa shape index (κ3) is 4.93. The van der Waals surface area contributed by atoms with Gasteiger partial charge in [0.25, 0.3) is 0 Å². The highest BCUT2D eigenvalue weighted by atomic mass is 19.1. The predicted octanol–water partition coefficient (Wildman–Crippen LogP) is 2.61. The van der Waals surface area contributed by atoms with Gasteiger partial charge in [0.15, 0.2) is 0 Å². The van der Waals surface area contributed by atoms with Gasteiger partial charge in [-0.2, -0.15) is 5.10 Å². The van der Waals surface area contributed by atoms with Crippen molar-refractivity contribution in [3.8, 4) is 0 Å². The maximum absolute atomic E-state index is 13.0. The number of aryl methyl sites for hydroxylation is 2. The lowest BCUT2D eigenvalue weighted by Gasteiger charge is -2.10. The van der Waals surface area contributed by atoms with Crippen LogP contribution in [0.25, 0.3) is 0 Å². The van der Waals surface area contributed by atoms with Crippen molar-refractivity contribution in [2.75, 3.05) is 6.54 Å². The van der Waals surface area contributed by atoms with E-state index >= 15 is 0 Å². The Morgan fingerprint density at radius 2 is 2.07 bits per heavy atom. The Bertz CT molecular complexity index is 842. The number of benzene rings is 1. The molecule has 0 bridgehead atoms. The summed E-state index contributed by atoms with van der Waals surface area (Å²) in [6.07, 6.45) is 2.24. The summed E-state index contributed by atoms with van der Waals surface area (Å²) in [6.45, 7) is 4.41. The summed E-state index contributed by atoms with van der Waals surface area (Å²) in [6, 6.07) is 6.37. The molecule has 6 nitrogen and oxygen atoms in total. The second-order valence-electron chi connectivity index (χ2n) is 6.97. The number of halogens is 1. The van der Waals surface area contributed by atoms with E-state index in [1.807, 2.05) is 25.6 Å². The van der Waals surface area contributed by atoms with E-state index in [1.54, 1.807) is 12.1 Å². The van der Waals surface area contributed by atoms with Crippen LogP contribution in [-0.2, 0) is 29.5 Å². The third-order valence-corrected chi connectivity index (χ3v) is 4.90. The number of hydrogen-bond donors (Lipinski definition) is 1. The Balaban J connectivity index is 1.39. The molecular weight excluding hydrogens is 347 g/mol. The number of carbonyl (C=O) groups is 1. The maximum atomic E-state index is 13.0. The molecule has 0 fully saturated rings. The highest BCUT2D eigenvalue weighted by Crippen LogP contribution is 2.16. The van der Waals surface area contributed by atoms with Crippen molar-refractivity contribution in [2.45, 2.75) is 45.6 Å². The first-order valence-corrected chi connectivity index (χ1v) is 9.14. The molecule has 0 aliphatic carbocycles. The second-order valence-corrected chi connectivity index (χ2v) is 6.97. The van der Waals surface area contributed by atoms with Gasteiger partial charge >= 0.3 is 0 Å². The van der Waals surface area contributed by atoms with Crippen LogP contribution in [0.4, 0.5) is 4.39 Å². The zero-order valence-corrected chi connectivity index (χ0v) is 16.0. The second kappa shape index (κ2) is 8.33. The fourth-order valence-corrected chi connectivity index (χ4v) is 3.27. The van der Waals surface area contributed by atoms with Gasteiger partial charge < -0.3 is 10.2 Å². The molecule has 1 N–H and O–H groups in total. The summed E-state index contributed by atoms with van der Waals surface area (Å²) in [5, 5.41) is 11.4. The first kappa shape index (κ1) is 19.1. The van der Waals surface area contributed by atoms with Crippen molar-refractivity contribution in [3.05, 3.63) is 52.6 Å². The number of rotatable bonds is 7. The molecule has 1 aromatic carbocycles. The summed E-state index contributed by atoms with van der Waals surface area (Å²) < 4.78 is 14.8. The molecule has 2 heterocycles. The number of hydrogen-bond acceptors (Lipinski definition) is 4. The van der Waals surface area contributed by atoms with Crippen molar-refractivity contribution in [2.24, 2.45) is 12.2 Å². The van der Waals surface area contributed by atoms with Crippen LogP contribution < -0.4 is 5.32 Å². The summed E-state index contributed by atoms with van der Waals surface area (Å²) in [5.41, 5.74) is 5.10. The number of nitrogens with zero attached hydrogens (tertiary/aromatic N) is 3.